The average molecular weight is 804 g/mol. The van der Waals surface area contributed by atoms with Crippen LogP contribution in [0.2, 0.25) is 0 Å². The third-order valence-electron chi connectivity index (χ3n) is 18.9. The predicted octanol–water partition coefficient (Wildman–Crippen LogP) is -30.3. The zero-order chi connectivity index (χ0) is 47.8. The normalized spacial score (nSPS) is 11.9. The Hall–Kier alpha value is -3.84. The van der Waals surface area contributed by atoms with Crippen molar-refractivity contribution in [3.8, 4) is 22.3 Å². The molecule has 0 bridgehead atoms. The summed E-state index contributed by atoms with van der Waals surface area (Å²) in [5, 5.41) is 13.8. The second-order valence-electron chi connectivity index (χ2n) is 21.0. The lowest BCUT2D eigenvalue weighted by molar-refractivity contribution is 0.675. The molecular weight excluding hydrogens is 756 g/mol. The van der Waals surface area contributed by atoms with Crippen LogP contribution in [-0.4, -0.2) is 188 Å². The molecule has 0 fully saturated rings. The van der Waals surface area contributed by atoms with E-state index in [4.69, 9.17) is 4.42 Å². The van der Waals surface area contributed by atoms with Crippen LogP contribution >= 0.6 is 0 Å². The first-order valence-corrected chi connectivity index (χ1v) is 24.2. The van der Waals surface area contributed by atoms with Gasteiger partial charge in [-0.15, -0.1) is 43.7 Å². The zero-order valence-corrected chi connectivity index (χ0v) is 44.4. The molecule has 1 nitrogen and oxygen atoms in total. The predicted molar refractivity (Wildman–Crippen MR) is 371 cm³/mol. The average Bonchev–Trinajstić information content (AvgIpc) is 3.68. The van der Waals surface area contributed by atoms with Crippen molar-refractivity contribution >= 4 is 384 Å². The van der Waals surface area contributed by atoms with Gasteiger partial charge >= 0.3 is 0 Å². The molecule has 8 aromatic carbocycles. The minimum Gasteiger partial charge on any atom is -0.457 e. The molecule has 0 atom stereocenters. The van der Waals surface area contributed by atoms with Gasteiger partial charge in [-0.1, -0.05) is 87.4 Å². The molecule has 0 aliphatic carbocycles. The molecule has 25 heteroatoms. The van der Waals surface area contributed by atoms with Crippen LogP contribution in [0.5, 0.6) is 0 Å². The van der Waals surface area contributed by atoms with Crippen molar-refractivity contribution in [3.05, 3.63) is 0 Å². The lowest BCUT2D eigenvalue weighted by atomic mass is 9.56. The van der Waals surface area contributed by atoms with Gasteiger partial charge in [-0.2, -0.15) is 0 Å². The number of rotatable bonds is 2. The van der Waals surface area contributed by atoms with Crippen LogP contribution < -0.4 is 131 Å². The van der Waals surface area contributed by atoms with Crippen molar-refractivity contribution in [3.63, 3.8) is 0 Å². The number of benzene rings is 8. The first kappa shape index (κ1) is 46.3. The van der Waals surface area contributed by atoms with Gasteiger partial charge < -0.3 is 4.42 Å². The van der Waals surface area contributed by atoms with Gasteiger partial charge in [0.1, 0.15) is 199 Å². The molecule has 9 rings (SSSR count). The first-order chi connectivity index (χ1) is 30.3. The molecule has 286 valence electrons. The van der Waals surface area contributed by atoms with E-state index in [2.05, 4.69) is 188 Å². The fraction of sp³-hybridized carbons (Fsp3) is 0. The minimum absolute atomic E-state index is 1.03. The second-order valence-corrected chi connectivity index (χ2v) is 21.0. The van der Waals surface area contributed by atoms with Gasteiger partial charge in [0.25, 0.3) is 0 Å². The second kappa shape index (κ2) is 15.3. The Morgan fingerprint density at radius 2 is 0.338 bits per heavy atom. The molecule has 0 spiro atoms. The summed E-state index contributed by atoms with van der Waals surface area (Å²) in [7, 11) is 56.7. The van der Waals surface area contributed by atoms with E-state index >= 15 is 0 Å². The number of furan rings is 1. The van der Waals surface area contributed by atoms with Gasteiger partial charge in [-0.05, 0) is 65.3 Å². The van der Waals surface area contributed by atoms with E-state index in [0.29, 0.717) is 0 Å². The Morgan fingerprint density at radius 1 is 0.138 bits per heavy atom. The summed E-state index contributed by atoms with van der Waals surface area (Å²) in [5.74, 6) is 0. The van der Waals surface area contributed by atoms with Crippen molar-refractivity contribution in [2.45, 2.75) is 0 Å². The molecule has 1 aromatic heterocycles. The van der Waals surface area contributed by atoms with Crippen molar-refractivity contribution in [1.29, 1.82) is 0 Å². The Bertz CT molecular complexity index is 3740. The van der Waals surface area contributed by atoms with Crippen LogP contribution in [0.15, 0.2) is 4.42 Å². The molecule has 0 aliphatic heterocycles. The number of hydrogen-bond donors (Lipinski definition) is 0. The van der Waals surface area contributed by atoms with Gasteiger partial charge in [0, 0.05) is 10.8 Å². The maximum absolute atomic E-state index is 7.22. The van der Waals surface area contributed by atoms with E-state index in [9.17, 15) is 0 Å². The van der Waals surface area contributed by atoms with Crippen LogP contribution in [0.25, 0.3) is 87.3 Å². The Morgan fingerprint density at radius 3 is 0.723 bits per heavy atom. The SMILES string of the molecule is Bc1c(B)c(B)c2c(oc3c(B)c(B)c(B)c(-c4c5c(B)c(B)c(B)c(B)c5c(-c5c(B)c(B)c(B)c6c5c(B)c(B)c5c(B)c(B)c(B)c(B)c56)c5c(B)c(B)c(B)c(B)c45)c32)c1B. The third kappa shape index (κ3) is 5.75. The fourth-order valence-electron chi connectivity index (χ4n) is 12.9. The first-order valence-electron chi connectivity index (χ1n) is 24.2. The highest BCUT2D eigenvalue weighted by molar-refractivity contribution is 6.77. The van der Waals surface area contributed by atoms with Gasteiger partial charge in [0.2, 0.25) is 0 Å². The summed E-state index contributed by atoms with van der Waals surface area (Å²) in [6, 6.07) is 0. The van der Waals surface area contributed by atoms with Crippen molar-refractivity contribution in [1.82, 2.24) is 0 Å². The fourth-order valence-corrected chi connectivity index (χ4v) is 12.9. The van der Waals surface area contributed by atoms with E-state index in [1.165, 1.54) is 207 Å². The molecule has 0 aliphatic rings. The molecule has 9 aromatic rings. The molecule has 0 saturated carbocycles. The van der Waals surface area contributed by atoms with Crippen LogP contribution in [-0.2, 0) is 0 Å². The highest BCUT2D eigenvalue weighted by Crippen LogP contribution is 2.44. The van der Waals surface area contributed by atoms with Crippen LogP contribution in [0.4, 0.5) is 0 Å². The van der Waals surface area contributed by atoms with E-state index in [-0.39, 0.29) is 0 Å². The molecule has 65 heavy (non-hydrogen) atoms. The summed E-state index contributed by atoms with van der Waals surface area (Å²) in [6.45, 7) is 0. The van der Waals surface area contributed by atoms with E-state index in [1.807, 2.05) is 0 Å². The standard InChI is InChI=1S/C40H48B24O/c41-15-9-7(16(42)27(53)22(48)10(9)11-13(24(15)50)25(51)33(59)32(58)23(11)49)1-3-5(19(45)30(56)28(54)17(3)43)2(6-4(1)18(44)29(55)31(57)20(6)46)8-12-14-26(52)34(60)36(62)38(64)40(14)65-39(12)37(63)35(61)21(8)47/h41-64H2. The summed E-state index contributed by atoms with van der Waals surface area (Å²) < 4.78 is 7.22. The zero-order valence-electron chi connectivity index (χ0n) is 44.4. The summed E-state index contributed by atoms with van der Waals surface area (Å²) in [4.78, 5) is 0. The topological polar surface area (TPSA) is 13.1 Å². The number of hydrogen-bond acceptors (Lipinski definition) is 1. The summed E-state index contributed by atoms with van der Waals surface area (Å²) in [5.41, 5.74) is 40.4. The minimum atomic E-state index is 1.03. The molecule has 0 radical (unpaired) electrons. The largest absolute Gasteiger partial charge is 0.457 e. The molecule has 0 amide bonds. The molecule has 0 unspecified atom stereocenters. The quantitative estimate of drug-likeness (QED) is 0.0964. The van der Waals surface area contributed by atoms with Gasteiger partial charge in [-0.3, -0.25) is 0 Å². The van der Waals surface area contributed by atoms with Gasteiger partial charge in [0.15, 0.2) is 0 Å². The Balaban J connectivity index is 1.71. The van der Waals surface area contributed by atoms with Crippen LogP contribution in [0, 0.1) is 0 Å². The Kier molecular flexibility index (Phi) is 10.9. The van der Waals surface area contributed by atoms with Crippen LogP contribution in [0.3, 0.4) is 0 Å². The smallest absolute Gasteiger partial charge is 0.143 e. The molecule has 0 saturated heterocycles. The van der Waals surface area contributed by atoms with Crippen LogP contribution in [0.1, 0.15) is 0 Å². The van der Waals surface area contributed by atoms with Gasteiger partial charge in [-0.25, -0.2) is 0 Å². The van der Waals surface area contributed by atoms with Gasteiger partial charge in [0.05, 0.1) is 0 Å². The summed E-state index contributed by atoms with van der Waals surface area (Å²) in [6.07, 6.45) is 0. The third-order valence-corrected chi connectivity index (χ3v) is 18.9. The van der Waals surface area contributed by atoms with E-state index in [1.54, 1.807) is 0 Å². The number of fused-ring (bicyclic) bond motifs is 8. The maximum Gasteiger partial charge on any atom is 0.143 e. The van der Waals surface area contributed by atoms with E-state index < -0.39 is 0 Å². The molecule has 1 heterocycles. The molecular formula is C40H48B24O. The molecule has 0 N–H and O–H groups in total. The van der Waals surface area contributed by atoms with Crippen molar-refractivity contribution in [2.24, 2.45) is 0 Å². The lowest BCUT2D eigenvalue weighted by Crippen LogP contribution is -2.52. The monoisotopic (exact) mass is 809 g/mol. The van der Waals surface area contributed by atoms with E-state index in [0.717, 1.165) is 11.2 Å². The Labute approximate surface area is 408 Å². The van der Waals surface area contributed by atoms with Crippen molar-refractivity contribution in [2.75, 3.05) is 0 Å². The van der Waals surface area contributed by atoms with Crippen molar-refractivity contribution < 1.29 is 4.42 Å². The lowest BCUT2D eigenvalue weighted by Gasteiger charge is -2.32. The highest BCUT2D eigenvalue weighted by atomic mass is 16.3. The highest BCUT2D eigenvalue weighted by Gasteiger charge is 2.32. The maximum atomic E-state index is 7.22. The summed E-state index contributed by atoms with van der Waals surface area (Å²) >= 11 is 0.